The number of aliphatic hydroxyl groups is 1. The van der Waals surface area contributed by atoms with Crippen LogP contribution in [0.3, 0.4) is 0 Å². The Bertz CT molecular complexity index is 437. The maximum atomic E-state index is 11.7. The molecule has 1 rings (SSSR count). The van der Waals surface area contributed by atoms with Crippen molar-refractivity contribution in [2.24, 2.45) is 0 Å². The summed E-state index contributed by atoms with van der Waals surface area (Å²) in [6, 6.07) is 7.02. The molecule has 1 amide bonds. The standard InChI is InChI=1S/C13H17NO4/c1-3-9-4-6-10(7-5-9)11(15)14-8-13(2,18)12(16)17/h4-7,18H,3,8H2,1-2H3,(H,14,15)(H,16,17). The number of aryl methyl sites for hydroxylation is 1. The first-order chi connectivity index (χ1) is 8.36. The van der Waals surface area contributed by atoms with Crippen molar-refractivity contribution >= 4 is 11.9 Å². The molecule has 0 aliphatic heterocycles. The van der Waals surface area contributed by atoms with Gasteiger partial charge in [-0.15, -0.1) is 0 Å². The maximum Gasteiger partial charge on any atom is 0.337 e. The van der Waals surface area contributed by atoms with Crippen molar-refractivity contribution in [1.82, 2.24) is 5.32 Å². The van der Waals surface area contributed by atoms with Gasteiger partial charge in [-0.2, -0.15) is 0 Å². The van der Waals surface area contributed by atoms with E-state index in [4.69, 9.17) is 5.11 Å². The summed E-state index contributed by atoms with van der Waals surface area (Å²) in [5, 5.41) is 20.5. The zero-order valence-electron chi connectivity index (χ0n) is 10.4. The highest BCUT2D eigenvalue weighted by Gasteiger charge is 2.30. The molecule has 1 aromatic rings. The summed E-state index contributed by atoms with van der Waals surface area (Å²) in [6.07, 6.45) is 0.885. The fraction of sp³-hybridized carbons (Fsp3) is 0.385. The van der Waals surface area contributed by atoms with E-state index in [1.54, 1.807) is 12.1 Å². The molecule has 5 nitrogen and oxygen atoms in total. The second-order valence-electron chi connectivity index (χ2n) is 4.31. The van der Waals surface area contributed by atoms with Gasteiger partial charge in [0, 0.05) is 5.56 Å². The molecule has 0 saturated carbocycles. The Hall–Kier alpha value is -1.88. The minimum atomic E-state index is -1.96. The van der Waals surface area contributed by atoms with Crippen molar-refractivity contribution in [1.29, 1.82) is 0 Å². The van der Waals surface area contributed by atoms with Crippen LogP contribution in [0.2, 0.25) is 0 Å². The average molecular weight is 251 g/mol. The molecule has 5 heteroatoms. The summed E-state index contributed by atoms with van der Waals surface area (Å²) in [5.41, 5.74) is -0.406. The van der Waals surface area contributed by atoms with E-state index in [-0.39, 0.29) is 6.54 Å². The number of amides is 1. The van der Waals surface area contributed by atoms with Crippen LogP contribution in [-0.2, 0) is 11.2 Å². The van der Waals surface area contributed by atoms with Crippen molar-refractivity contribution in [3.8, 4) is 0 Å². The second-order valence-corrected chi connectivity index (χ2v) is 4.31. The first-order valence-electron chi connectivity index (χ1n) is 5.69. The normalized spacial score (nSPS) is 13.7. The van der Waals surface area contributed by atoms with E-state index in [9.17, 15) is 14.7 Å². The lowest BCUT2D eigenvalue weighted by Gasteiger charge is -2.18. The summed E-state index contributed by atoms with van der Waals surface area (Å²) >= 11 is 0. The zero-order valence-corrected chi connectivity index (χ0v) is 10.4. The molecule has 18 heavy (non-hydrogen) atoms. The van der Waals surface area contributed by atoms with Gasteiger partial charge >= 0.3 is 5.97 Å². The third-order valence-electron chi connectivity index (χ3n) is 2.68. The number of hydrogen-bond donors (Lipinski definition) is 3. The molecule has 0 bridgehead atoms. The molecule has 3 N–H and O–H groups in total. The minimum absolute atomic E-state index is 0.337. The molecule has 0 heterocycles. The largest absolute Gasteiger partial charge is 0.479 e. The van der Waals surface area contributed by atoms with Gasteiger partial charge in [0.15, 0.2) is 5.60 Å². The van der Waals surface area contributed by atoms with Gasteiger partial charge in [0.05, 0.1) is 6.54 Å². The van der Waals surface area contributed by atoms with E-state index in [1.807, 2.05) is 19.1 Å². The number of aliphatic carboxylic acids is 1. The van der Waals surface area contributed by atoms with Crippen LogP contribution in [0.15, 0.2) is 24.3 Å². The average Bonchev–Trinajstić information content (AvgIpc) is 2.36. The molecule has 0 aromatic heterocycles. The van der Waals surface area contributed by atoms with Crippen LogP contribution in [-0.4, -0.2) is 34.2 Å². The highest BCUT2D eigenvalue weighted by atomic mass is 16.4. The molecule has 0 fully saturated rings. The van der Waals surface area contributed by atoms with Crippen LogP contribution < -0.4 is 5.32 Å². The number of hydrogen-bond acceptors (Lipinski definition) is 3. The Morgan fingerprint density at radius 2 is 1.83 bits per heavy atom. The molecular weight excluding hydrogens is 234 g/mol. The number of carboxylic acid groups (broad SMARTS) is 1. The van der Waals surface area contributed by atoms with Crippen LogP contribution in [0.25, 0.3) is 0 Å². The van der Waals surface area contributed by atoms with Gasteiger partial charge < -0.3 is 15.5 Å². The quantitative estimate of drug-likeness (QED) is 0.723. The fourth-order valence-corrected chi connectivity index (χ4v) is 1.32. The third kappa shape index (κ3) is 3.56. The summed E-state index contributed by atoms with van der Waals surface area (Å²) in [6.45, 7) is 2.81. The SMILES string of the molecule is CCc1ccc(C(=O)NCC(C)(O)C(=O)O)cc1. The van der Waals surface area contributed by atoms with Crippen molar-refractivity contribution in [3.05, 3.63) is 35.4 Å². The molecule has 1 atom stereocenters. The van der Waals surface area contributed by atoms with Gasteiger partial charge in [0.2, 0.25) is 0 Å². The van der Waals surface area contributed by atoms with E-state index in [0.29, 0.717) is 5.56 Å². The van der Waals surface area contributed by atoms with Crippen LogP contribution in [0.5, 0.6) is 0 Å². The number of carboxylic acids is 1. The monoisotopic (exact) mass is 251 g/mol. The van der Waals surface area contributed by atoms with E-state index < -0.39 is 17.5 Å². The lowest BCUT2D eigenvalue weighted by atomic mass is 10.1. The number of carbonyl (C=O) groups is 2. The smallest absolute Gasteiger partial charge is 0.337 e. The molecule has 0 aliphatic carbocycles. The molecule has 1 unspecified atom stereocenters. The summed E-state index contributed by atoms with van der Waals surface area (Å²) in [4.78, 5) is 22.4. The molecule has 0 radical (unpaired) electrons. The number of carbonyl (C=O) groups excluding carboxylic acids is 1. The van der Waals surface area contributed by atoms with Crippen LogP contribution in [0, 0.1) is 0 Å². The van der Waals surface area contributed by atoms with Gasteiger partial charge in [-0.1, -0.05) is 19.1 Å². The van der Waals surface area contributed by atoms with E-state index in [0.717, 1.165) is 18.9 Å². The van der Waals surface area contributed by atoms with E-state index in [2.05, 4.69) is 5.32 Å². The number of nitrogens with one attached hydrogen (secondary N) is 1. The molecule has 98 valence electrons. The Morgan fingerprint density at radius 3 is 2.28 bits per heavy atom. The number of benzene rings is 1. The van der Waals surface area contributed by atoms with Crippen LogP contribution in [0.1, 0.15) is 29.8 Å². The minimum Gasteiger partial charge on any atom is -0.479 e. The van der Waals surface area contributed by atoms with Gasteiger partial charge in [0.25, 0.3) is 5.91 Å². The first-order valence-corrected chi connectivity index (χ1v) is 5.69. The zero-order chi connectivity index (χ0) is 13.8. The Labute approximate surface area is 105 Å². The Kier molecular flexibility index (Phi) is 4.44. The lowest BCUT2D eigenvalue weighted by molar-refractivity contribution is -0.155. The highest BCUT2D eigenvalue weighted by molar-refractivity contribution is 5.94. The third-order valence-corrected chi connectivity index (χ3v) is 2.68. The van der Waals surface area contributed by atoms with Crippen molar-refractivity contribution in [2.75, 3.05) is 6.54 Å². The molecule has 1 aromatic carbocycles. The van der Waals surface area contributed by atoms with Gasteiger partial charge in [-0.05, 0) is 31.0 Å². The van der Waals surface area contributed by atoms with Crippen LogP contribution in [0.4, 0.5) is 0 Å². The Morgan fingerprint density at radius 1 is 1.28 bits per heavy atom. The molecule has 0 spiro atoms. The molecule has 0 aliphatic rings. The van der Waals surface area contributed by atoms with Crippen molar-refractivity contribution in [3.63, 3.8) is 0 Å². The topological polar surface area (TPSA) is 86.6 Å². The summed E-state index contributed by atoms with van der Waals surface area (Å²) in [5.74, 6) is -1.77. The van der Waals surface area contributed by atoms with Gasteiger partial charge in [-0.3, -0.25) is 4.79 Å². The number of rotatable bonds is 5. The van der Waals surface area contributed by atoms with E-state index >= 15 is 0 Å². The molecule has 0 saturated heterocycles. The van der Waals surface area contributed by atoms with Crippen molar-refractivity contribution in [2.45, 2.75) is 25.9 Å². The summed E-state index contributed by atoms with van der Waals surface area (Å²) in [7, 11) is 0. The predicted octanol–water partition coefficient (Wildman–Crippen LogP) is 0.814. The highest BCUT2D eigenvalue weighted by Crippen LogP contribution is 2.06. The fourth-order valence-electron chi connectivity index (χ4n) is 1.32. The Balaban J connectivity index is 2.63. The second kappa shape index (κ2) is 5.64. The lowest BCUT2D eigenvalue weighted by Crippen LogP contribution is -2.46. The van der Waals surface area contributed by atoms with Crippen LogP contribution >= 0.6 is 0 Å². The van der Waals surface area contributed by atoms with E-state index in [1.165, 1.54) is 0 Å². The molecular formula is C13H17NO4. The first kappa shape index (κ1) is 14.2. The predicted molar refractivity (Wildman–Crippen MR) is 66.4 cm³/mol. The maximum absolute atomic E-state index is 11.7. The van der Waals surface area contributed by atoms with Gasteiger partial charge in [0.1, 0.15) is 0 Å². The summed E-state index contributed by atoms with van der Waals surface area (Å²) < 4.78 is 0. The van der Waals surface area contributed by atoms with Gasteiger partial charge in [-0.25, -0.2) is 4.79 Å². The van der Waals surface area contributed by atoms with Crippen molar-refractivity contribution < 1.29 is 19.8 Å².